The van der Waals surface area contributed by atoms with E-state index in [1.54, 1.807) is 19.2 Å². The molecule has 1 aromatic rings. The minimum Gasteiger partial charge on any atom is -0.497 e. The van der Waals surface area contributed by atoms with Gasteiger partial charge >= 0.3 is 5.97 Å². The Balaban J connectivity index is 2.45. The van der Waals surface area contributed by atoms with Crippen molar-refractivity contribution in [3.8, 4) is 5.75 Å². The molecule has 0 aromatic heterocycles. The Hall–Kier alpha value is -1.26. The first-order chi connectivity index (χ1) is 7.63. The lowest BCUT2D eigenvalue weighted by atomic mass is 10.1. The topological polar surface area (TPSA) is 55.8 Å². The van der Waals surface area contributed by atoms with E-state index in [-0.39, 0.29) is 6.61 Å². The van der Waals surface area contributed by atoms with E-state index in [1.807, 2.05) is 6.07 Å². The van der Waals surface area contributed by atoms with Crippen molar-refractivity contribution in [2.75, 3.05) is 20.3 Å². The second-order valence-electron chi connectivity index (χ2n) is 3.15. The zero-order valence-corrected chi connectivity index (χ0v) is 9.66. The van der Waals surface area contributed by atoms with Crippen LogP contribution in [0.25, 0.3) is 0 Å². The van der Waals surface area contributed by atoms with Crippen molar-refractivity contribution in [1.29, 1.82) is 0 Å². The fourth-order valence-electron chi connectivity index (χ4n) is 1.20. The summed E-state index contributed by atoms with van der Waals surface area (Å²) >= 11 is 6.00. The Labute approximate surface area is 98.7 Å². The number of rotatable bonds is 6. The van der Waals surface area contributed by atoms with Gasteiger partial charge in [0.2, 0.25) is 0 Å². The number of benzene rings is 1. The number of hydrogen-bond acceptors (Lipinski definition) is 3. The molecule has 0 amide bonds. The van der Waals surface area contributed by atoms with Crippen molar-refractivity contribution < 1.29 is 19.4 Å². The van der Waals surface area contributed by atoms with Crippen molar-refractivity contribution >= 4 is 17.6 Å². The van der Waals surface area contributed by atoms with E-state index in [2.05, 4.69) is 0 Å². The van der Waals surface area contributed by atoms with Crippen LogP contribution in [0.1, 0.15) is 5.56 Å². The number of carbonyl (C=O) groups is 1. The van der Waals surface area contributed by atoms with Gasteiger partial charge in [-0.1, -0.05) is 17.7 Å². The van der Waals surface area contributed by atoms with Crippen molar-refractivity contribution in [2.24, 2.45) is 0 Å². The van der Waals surface area contributed by atoms with Crippen LogP contribution in [0.5, 0.6) is 5.75 Å². The summed E-state index contributed by atoms with van der Waals surface area (Å²) in [4.78, 5) is 10.2. The monoisotopic (exact) mass is 244 g/mol. The van der Waals surface area contributed by atoms with E-state index in [0.29, 0.717) is 23.8 Å². The smallest absolute Gasteiger partial charge is 0.329 e. The first kappa shape index (κ1) is 12.8. The molecule has 1 aromatic carbocycles. The van der Waals surface area contributed by atoms with Crippen molar-refractivity contribution in [3.05, 3.63) is 28.8 Å². The van der Waals surface area contributed by atoms with Gasteiger partial charge in [0.15, 0.2) is 0 Å². The van der Waals surface area contributed by atoms with E-state index in [9.17, 15) is 4.79 Å². The molecule has 0 unspecified atom stereocenters. The van der Waals surface area contributed by atoms with Gasteiger partial charge in [0.05, 0.1) is 13.7 Å². The third kappa shape index (κ3) is 4.08. The predicted molar refractivity (Wildman–Crippen MR) is 60.2 cm³/mol. The molecule has 0 aliphatic heterocycles. The van der Waals surface area contributed by atoms with Gasteiger partial charge in [-0.25, -0.2) is 4.79 Å². The molecular formula is C11H13ClO4. The minimum atomic E-state index is -0.971. The highest BCUT2D eigenvalue weighted by molar-refractivity contribution is 6.31. The van der Waals surface area contributed by atoms with E-state index in [4.69, 9.17) is 26.2 Å². The van der Waals surface area contributed by atoms with Crippen LogP contribution < -0.4 is 4.74 Å². The van der Waals surface area contributed by atoms with Crippen molar-refractivity contribution in [2.45, 2.75) is 6.42 Å². The highest BCUT2D eigenvalue weighted by Crippen LogP contribution is 2.22. The standard InChI is InChI=1S/C11H13ClO4/c1-15-9-3-2-8(10(12)6-9)4-5-16-7-11(13)14/h2-3,6H,4-5,7H2,1H3,(H,13,14). The van der Waals surface area contributed by atoms with Gasteiger partial charge in [0, 0.05) is 5.02 Å². The average molecular weight is 245 g/mol. The van der Waals surface area contributed by atoms with Gasteiger partial charge < -0.3 is 14.6 Å². The lowest BCUT2D eigenvalue weighted by Crippen LogP contribution is -2.09. The fourth-order valence-corrected chi connectivity index (χ4v) is 1.46. The zero-order valence-electron chi connectivity index (χ0n) is 8.90. The largest absolute Gasteiger partial charge is 0.497 e. The summed E-state index contributed by atoms with van der Waals surface area (Å²) in [6.45, 7) is 0.0477. The normalized spacial score (nSPS) is 10.1. The second-order valence-corrected chi connectivity index (χ2v) is 3.56. The molecule has 0 bridgehead atoms. The van der Waals surface area contributed by atoms with E-state index >= 15 is 0 Å². The van der Waals surface area contributed by atoms with E-state index < -0.39 is 5.97 Å². The molecule has 0 heterocycles. The Morgan fingerprint density at radius 1 is 1.50 bits per heavy atom. The van der Waals surface area contributed by atoms with Crippen LogP contribution in [0.15, 0.2) is 18.2 Å². The minimum absolute atomic E-state index is 0.284. The molecule has 5 heteroatoms. The zero-order chi connectivity index (χ0) is 12.0. The van der Waals surface area contributed by atoms with Crippen molar-refractivity contribution in [3.63, 3.8) is 0 Å². The lowest BCUT2D eigenvalue weighted by molar-refractivity contribution is -0.142. The fraction of sp³-hybridized carbons (Fsp3) is 0.364. The number of carboxylic acids is 1. The SMILES string of the molecule is COc1ccc(CCOCC(=O)O)c(Cl)c1. The molecule has 88 valence electrons. The third-order valence-electron chi connectivity index (χ3n) is 2.00. The highest BCUT2D eigenvalue weighted by atomic mass is 35.5. The Morgan fingerprint density at radius 2 is 2.25 bits per heavy atom. The number of carboxylic acid groups (broad SMARTS) is 1. The summed E-state index contributed by atoms with van der Waals surface area (Å²) in [5.41, 5.74) is 0.910. The molecule has 4 nitrogen and oxygen atoms in total. The summed E-state index contributed by atoms with van der Waals surface area (Å²) in [5.74, 6) is -0.277. The molecule has 0 saturated heterocycles. The van der Waals surface area contributed by atoms with Gasteiger partial charge in [0.25, 0.3) is 0 Å². The van der Waals surface area contributed by atoms with Gasteiger partial charge in [-0.15, -0.1) is 0 Å². The Morgan fingerprint density at radius 3 is 2.81 bits per heavy atom. The maximum atomic E-state index is 10.2. The number of hydrogen-bond donors (Lipinski definition) is 1. The van der Waals surface area contributed by atoms with Gasteiger partial charge in [-0.2, -0.15) is 0 Å². The molecule has 0 aliphatic rings. The summed E-state index contributed by atoms with van der Waals surface area (Å²) in [7, 11) is 1.57. The summed E-state index contributed by atoms with van der Waals surface area (Å²) in [5, 5.41) is 8.96. The summed E-state index contributed by atoms with van der Waals surface area (Å²) < 4.78 is 9.93. The molecule has 16 heavy (non-hydrogen) atoms. The van der Waals surface area contributed by atoms with Crippen LogP contribution in [0.4, 0.5) is 0 Å². The molecule has 1 rings (SSSR count). The van der Waals surface area contributed by atoms with Crippen LogP contribution in [-0.4, -0.2) is 31.4 Å². The van der Waals surface area contributed by atoms with Crippen LogP contribution >= 0.6 is 11.6 Å². The molecular weight excluding hydrogens is 232 g/mol. The van der Waals surface area contributed by atoms with Crippen LogP contribution in [0.3, 0.4) is 0 Å². The lowest BCUT2D eigenvalue weighted by Gasteiger charge is -2.06. The predicted octanol–water partition coefficient (Wildman–Crippen LogP) is 1.99. The van der Waals surface area contributed by atoms with Gasteiger partial charge in [-0.05, 0) is 24.1 Å². The molecule has 0 aliphatic carbocycles. The summed E-state index contributed by atoms with van der Waals surface area (Å²) in [6.07, 6.45) is 0.579. The van der Waals surface area contributed by atoms with Crippen LogP contribution in [0.2, 0.25) is 5.02 Å². The summed E-state index contributed by atoms with van der Waals surface area (Å²) in [6, 6.07) is 5.36. The number of methoxy groups -OCH3 is 1. The average Bonchev–Trinajstić information content (AvgIpc) is 2.25. The first-order valence-electron chi connectivity index (χ1n) is 4.75. The third-order valence-corrected chi connectivity index (χ3v) is 2.35. The quantitative estimate of drug-likeness (QED) is 0.778. The molecule has 0 atom stereocenters. The van der Waals surface area contributed by atoms with Gasteiger partial charge in [0.1, 0.15) is 12.4 Å². The maximum absolute atomic E-state index is 10.2. The Kier molecular flexibility index (Phi) is 5.08. The molecule has 0 fully saturated rings. The Bertz CT molecular complexity index is 365. The number of halogens is 1. The van der Waals surface area contributed by atoms with Crippen LogP contribution in [-0.2, 0) is 16.0 Å². The van der Waals surface area contributed by atoms with E-state index in [1.165, 1.54) is 0 Å². The molecule has 0 spiro atoms. The molecule has 1 N–H and O–H groups in total. The van der Waals surface area contributed by atoms with E-state index in [0.717, 1.165) is 5.56 Å². The highest BCUT2D eigenvalue weighted by Gasteiger charge is 2.03. The maximum Gasteiger partial charge on any atom is 0.329 e. The van der Waals surface area contributed by atoms with Gasteiger partial charge in [-0.3, -0.25) is 0 Å². The van der Waals surface area contributed by atoms with Crippen molar-refractivity contribution in [1.82, 2.24) is 0 Å². The second kappa shape index (κ2) is 6.35. The first-order valence-corrected chi connectivity index (χ1v) is 5.13. The molecule has 0 radical (unpaired) electrons. The number of aliphatic carboxylic acids is 1. The van der Waals surface area contributed by atoms with Crippen LogP contribution in [0, 0.1) is 0 Å². The number of ether oxygens (including phenoxy) is 2. The molecule has 0 saturated carbocycles.